The third kappa shape index (κ3) is 2.01. The number of carbonyl (C=O) groups is 2. The van der Waals surface area contributed by atoms with E-state index in [0.717, 1.165) is 0 Å². The molecule has 0 aliphatic heterocycles. The maximum Gasteiger partial charge on any atom is 0.323 e. The number of nitrogens with zero attached hydrogens (tertiary/aromatic N) is 1. The van der Waals surface area contributed by atoms with Gasteiger partial charge in [-0.15, -0.1) is 11.3 Å². The van der Waals surface area contributed by atoms with Crippen LogP contribution in [-0.4, -0.2) is 16.8 Å². The minimum absolute atomic E-state index is 0.364. The van der Waals surface area contributed by atoms with E-state index in [4.69, 9.17) is 5.84 Å². The van der Waals surface area contributed by atoms with Crippen LogP contribution in [0.4, 0.5) is 5.13 Å². The second-order valence-electron chi connectivity index (χ2n) is 1.76. The van der Waals surface area contributed by atoms with Crippen molar-refractivity contribution in [1.82, 2.24) is 10.4 Å². The van der Waals surface area contributed by atoms with Crippen LogP contribution in [0.5, 0.6) is 0 Å². The first-order chi connectivity index (χ1) is 5.74. The van der Waals surface area contributed by atoms with Gasteiger partial charge in [-0.3, -0.25) is 20.3 Å². The van der Waals surface area contributed by atoms with Crippen LogP contribution < -0.4 is 16.6 Å². The standard InChI is InChI=1S/C5H6N4O2S/c6-9-4(11)3(10)8-5-7-1-2-12-5/h1-2H,6H2,(H,9,11)(H,7,8,10). The largest absolute Gasteiger partial charge is 0.323 e. The third-order valence-electron chi connectivity index (χ3n) is 0.990. The molecule has 0 bridgehead atoms. The van der Waals surface area contributed by atoms with Gasteiger partial charge in [0.15, 0.2) is 5.13 Å². The second kappa shape index (κ2) is 3.79. The molecule has 0 aromatic carbocycles. The van der Waals surface area contributed by atoms with Crippen LogP contribution in [0.15, 0.2) is 11.6 Å². The molecule has 0 radical (unpaired) electrons. The Kier molecular flexibility index (Phi) is 2.72. The molecular formula is C5H6N4O2S. The van der Waals surface area contributed by atoms with Crippen molar-refractivity contribution in [2.45, 2.75) is 0 Å². The van der Waals surface area contributed by atoms with Gasteiger partial charge in [-0.1, -0.05) is 0 Å². The number of hydrogen-bond acceptors (Lipinski definition) is 5. The van der Waals surface area contributed by atoms with Gasteiger partial charge in [-0.25, -0.2) is 10.8 Å². The number of amides is 2. The molecule has 12 heavy (non-hydrogen) atoms. The van der Waals surface area contributed by atoms with Crippen LogP contribution in [0.1, 0.15) is 0 Å². The van der Waals surface area contributed by atoms with Gasteiger partial charge in [0.25, 0.3) is 0 Å². The molecule has 0 saturated carbocycles. The van der Waals surface area contributed by atoms with Crippen molar-refractivity contribution in [3.63, 3.8) is 0 Å². The molecule has 0 aliphatic rings. The zero-order chi connectivity index (χ0) is 8.97. The molecule has 0 fully saturated rings. The van der Waals surface area contributed by atoms with Gasteiger partial charge in [0, 0.05) is 11.6 Å². The maximum atomic E-state index is 10.8. The molecule has 0 spiro atoms. The van der Waals surface area contributed by atoms with E-state index in [2.05, 4.69) is 10.3 Å². The van der Waals surface area contributed by atoms with Crippen molar-refractivity contribution >= 4 is 28.3 Å². The second-order valence-corrected chi connectivity index (χ2v) is 2.66. The summed E-state index contributed by atoms with van der Waals surface area (Å²) in [6, 6.07) is 0. The van der Waals surface area contributed by atoms with Crippen molar-refractivity contribution in [1.29, 1.82) is 0 Å². The maximum absolute atomic E-state index is 10.8. The van der Waals surface area contributed by atoms with Crippen LogP contribution in [0.25, 0.3) is 0 Å². The Balaban J connectivity index is 2.53. The Morgan fingerprint density at radius 2 is 2.25 bits per heavy atom. The highest BCUT2D eigenvalue weighted by molar-refractivity contribution is 7.13. The molecule has 0 atom stereocenters. The van der Waals surface area contributed by atoms with E-state index < -0.39 is 11.8 Å². The van der Waals surface area contributed by atoms with E-state index in [0.29, 0.717) is 5.13 Å². The van der Waals surface area contributed by atoms with Crippen molar-refractivity contribution < 1.29 is 9.59 Å². The average molecular weight is 186 g/mol. The summed E-state index contributed by atoms with van der Waals surface area (Å²) >= 11 is 1.22. The molecule has 64 valence electrons. The summed E-state index contributed by atoms with van der Waals surface area (Å²) in [7, 11) is 0. The average Bonchev–Trinajstić information content (AvgIpc) is 2.55. The predicted octanol–water partition coefficient (Wildman–Crippen LogP) is -0.929. The number of thiazole rings is 1. The normalized spacial score (nSPS) is 9.08. The van der Waals surface area contributed by atoms with Crippen molar-refractivity contribution in [2.24, 2.45) is 5.84 Å². The summed E-state index contributed by atoms with van der Waals surface area (Å²) < 4.78 is 0. The topological polar surface area (TPSA) is 97.1 Å². The van der Waals surface area contributed by atoms with Gasteiger partial charge < -0.3 is 0 Å². The lowest BCUT2D eigenvalue weighted by Gasteiger charge is -1.97. The van der Waals surface area contributed by atoms with Crippen LogP contribution >= 0.6 is 11.3 Å². The predicted molar refractivity (Wildman–Crippen MR) is 43.1 cm³/mol. The minimum atomic E-state index is -0.898. The fraction of sp³-hybridized carbons (Fsp3) is 0. The zero-order valence-corrected chi connectivity index (χ0v) is 6.72. The van der Waals surface area contributed by atoms with E-state index in [9.17, 15) is 9.59 Å². The quantitative estimate of drug-likeness (QED) is 0.228. The van der Waals surface area contributed by atoms with E-state index in [-0.39, 0.29) is 0 Å². The smallest absolute Gasteiger partial charge is 0.294 e. The Morgan fingerprint density at radius 3 is 2.75 bits per heavy atom. The summed E-state index contributed by atoms with van der Waals surface area (Å²) in [6.45, 7) is 0. The molecule has 0 saturated heterocycles. The van der Waals surface area contributed by atoms with E-state index in [1.165, 1.54) is 17.5 Å². The van der Waals surface area contributed by atoms with Crippen molar-refractivity contribution in [3.05, 3.63) is 11.6 Å². The lowest BCUT2D eigenvalue weighted by molar-refractivity contribution is -0.136. The third-order valence-corrected chi connectivity index (χ3v) is 1.68. The molecule has 1 rings (SSSR count). The summed E-state index contributed by atoms with van der Waals surface area (Å²) in [5.74, 6) is 3.00. The molecule has 2 amide bonds. The van der Waals surface area contributed by atoms with Crippen LogP contribution in [0.3, 0.4) is 0 Å². The van der Waals surface area contributed by atoms with Crippen LogP contribution in [-0.2, 0) is 9.59 Å². The molecule has 0 unspecified atom stereocenters. The van der Waals surface area contributed by atoms with Gasteiger partial charge in [0.1, 0.15) is 0 Å². The highest BCUT2D eigenvalue weighted by atomic mass is 32.1. The summed E-state index contributed by atoms with van der Waals surface area (Å²) in [5.41, 5.74) is 1.70. The summed E-state index contributed by atoms with van der Waals surface area (Å²) in [6.07, 6.45) is 1.51. The molecule has 6 nitrogen and oxygen atoms in total. The number of aromatic nitrogens is 1. The molecule has 1 aromatic rings. The first-order valence-corrected chi connectivity index (χ1v) is 3.83. The van der Waals surface area contributed by atoms with Crippen molar-refractivity contribution in [3.8, 4) is 0 Å². The monoisotopic (exact) mass is 186 g/mol. The number of hydrazine groups is 1. The number of rotatable bonds is 1. The Bertz CT molecular complexity index is 284. The SMILES string of the molecule is NNC(=O)C(=O)Nc1nccs1. The minimum Gasteiger partial charge on any atom is -0.294 e. The van der Waals surface area contributed by atoms with Gasteiger partial charge in [0.05, 0.1) is 0 Å². The van der Waals surface area contributed by atoms with Crippen LogP contribution in [0.2, 0.25) is 0 Å². The van der Waals surface area contributed by atoms with E-state index >= 15 is 0 Å². The Morgan fingerprint density at radius 1 is 1.50 bits per heavy atom. The summed E-state index contributed by atoms with van der Waals surface area (Å²) in [5, 5.41) is 4.29. The lowest BCUT2D eigenvalue weighted by atomic mass is 10.6. The lowest BCUT2D eigenvalue weighted by Crippen LogP contribution is -2.39. The number of nitrogens with two attached hydrogens (primary N) is 1. The molecule has 0 aliphatic carbocycles. The van der Waals surface area contributed by atoms with Gasteiger partial charge >= 0.3 is 11.8 Å². The molecular weight excluding hydrogens is 180 g/mol. The highest BCUT2D eigenvalue weighted by Gasteiger charge is 2.12. The molecule has 4 N–H and O–H groups in total. The fourth-order valence-electron chi connectivity index (χ4n) is 0.505. The van der Waals surface area contributed by atoms with Gasteiger partial charge in [-0.05, 0) is 0 Å². The van der Waals surface area contributed by atoms with E-state index in [1.807, 2.05) is 0 Å². The van der Waals surface area contributed by atoms with Crippen LogP contribution in [0, 0.1) is 0 Å². The van der Waals surface area contributed by atoms with E-state index in [1.54, 1.807) is 10.8 Å². The molecule has 1 aromatic heterocycles. The summed E-state index contributed by atoms with van der Waals surface area (Å²) in [4.78, 5) is 25.1. The Hall–Kier alpha value is -1.47. The first-order valence-electron chi connectivity index (χ1n) is 2.95. The van der Waals surface area contributed by atoms with Gasteiger partial charge in [0.2, 0.25) is 0 Å². The number of hydrogen-bond donors (Lipinski definition) is 3. The Labute approximate surface area is 71.8 Å². The number of anilines is 1. The highest BCUT2D eigenvalue weighted by Crippen LogP contribution is 2.09. The molecule has 1 heterocycles. The van der Waals surface area contributed by atoms with Gasteiger partial charge in [-0.2, -0.15) is 0 Å². The number of carbonyl (C=O) groups excluding carboxylic acids is 2. The van der Waals surface area contributed by atoms with Crippen molar-refractivity contribution in [2.75, 3.05) is 5.32 Å². The fourth-order valence-corrected chi connectivity index (χ4v) is 1.03. The molecule has 7 heteroatoms. The number of nitrogens with one attached hydrogen (secondary N) is 2. The first kappa shape index (κ1) is 8.62. The zero-order valence-electron chi connectivity index (χ0n) is 5.90.